The van der Waals surface area contributed by atoms with Crippen LogP contribution < -0.4 is 19.5 Å². The molecule has 7 nitrogen and oxygen atoms in total. The molecular formula is C24H24F3N3O4. The third-order valence-corrected chi connectivity index (χ3v) is 5.55. The maximum absolute atomic E-state index is 13.3. The summed E-state index contributed by atoms with van der Waals surface area (Å²) in [6.07, 6.45) is -4.59. The number of carbonyl (C=O) groups is 1. The van der Waals surface area contributed by atoms with Crippen LogP contribution in [0.25, 0.3) is 0 Å². The predicted molar refractivity (Wildman–Crippen MR) is 117 cm³/mol. The number of halogens is 3. The smallest absolute Gasteiger partial charge is 0.435 e. The Morgan fingerprint density at radius 3 is 2.50 bits per heavy atom. The molecule has 1 unspecified atom stereocenters. The maximum atomic E-state index is 13.3. The van der Waals surface area contributed by atoms with Gasteiger partial charge in [0.1, 0.15) is 19.0 Å². The summed E-state index contributed by atoms with van der Waals surface area (Å²) < 4.78 is 57.3. The van der Waals surface area contributed by atoms with Gasteiger partial charge in [-0.05, 0) is 48.4 Å². The monoisotopic (exact) mass is 475 g/mol. The van der Waals surface area contributed by atoms with Crippen LogP contribution in [0.2, 0.25) is 0 Å². The van der Waals surface area contributed by atoms with Gasteiger partial charge >= 0.3 is 6.18 Å². The minimum absolute atomic E-state index is 0.104. The van der Waals surface area contributed by atoms with Crippen LogP contribution in [0.3, 0.4) is 0 Å². The maximum Gasteiger partial charge on any atom is 0.435 e. The molecule has 0 saturated heterocycles. The van der Waals surface area contributed by atoms with Crippen LogP contribution in [-0.2, 0) is 24.1 Å². The van der Waals surface area contributed by atoms with Crippen molar-refractivity contribution < 1.29 is 32.2 Å². The second kappa shape index (κ2) is 9.66. The minimum Gasteiger partial charge on any atom is -0.497 e. The summed E-state index contributed by atoms with van der Waals surface area (Å²) in [4.78, 5) is 12.8. The fraction of sp³-hybridized carbons (Fsp3) is 0.333. The third-order valence-electron chi connectivity index (χ3n) is 5.55. The number of rotatable bonds is 7. The van der Waals surface area contributed by atoms with E-state index in [-0.39, 0.29) is 24.7 Å². The first-order valence-corrected chi connectivity index (χ1v) is 10.7. The molecule has 1 N–H and O–H groups in total. The van der Waals surface area contributed by atoms with Crippen LogP contribution >= 0.6 is 0 Å². The molecule has 0 fully saturated rings. The zero-order valence-electron chi connectivity index (χ0n) is 18.7. The van der Waals surface area contributed by atoms with Crippen LogP contribution in [0.5, 0.6) is 17.2 Å². The van der Waals surface area contributed by atoms with Crippen LogP contribution in [0.4, 0.5) is 13.2 Å². The SMILES string of the molecule is COc1ccc(Cn2nc(C(F)(F)F)cc2CNC(=O)C(C)c2ccc3c(c2)OCCO3)cc1. The van der Waals surface area contributed by atoms with Crippen LogP contribution in [0, 0.1) is 0 Å². The normalized spacial score (nSPS) is 13.9. The van der Waals surface area contributed by atoms with E-state index in [0.717, 1.165) is 11.6 Å². The molecule has 0 bridgehead atoms. The van der Waals surface area contributed by atoms with Crippen LogP contribution in [-0.4, -0.2) is 36.0 Å². The zero-order chi connectivity index (χ0) is 24.3. The Bertz CT molecular complexity index is 1160. The van der Waals surface area contributed by atoms with Gasteiger partial charge in [0.05, 0.1) is 31.8 Å². The van der Waals surface area contributed by atoms with Crippen molar-refractivity contribution in [3.63, 3.8) is 0 Å². The van der Waals surface area contributed by atoms with E-state index < -0.39 is 17.8 Å². The highest BCUT2D eigenvalue weighted by molar-refractivity contribution is 5.83. The Hall–Kier alpha value is -3.69. The molecule has 0 spiro atoms. The van der Waals surface area contributed by atoms with Gasteiger partial charge < -0.3 is 19.5 Å². The van der Waals surface area contributed by atoms with E-state index in [9.17, 15) is 18.0 Å². The molecule has 0 radical (unpaired) electrons. The summed E-state index contributed by atoms with van der Waals surface area (Å²) in [7, 11) is 1.53. The highest BCUT2D eigenvalue weighted by Crippen LogP contribution is 2.33. The zero-order valence-corrected chi connectivity index (χ0v) is 18.7. The minimum atomic E-state index is -4.59. The van der Waals surface area contributed by atoms with E-state index in [1.54, 1.807) is 49.4 Å². The van der Waals surface area contributed by atoms with E-state index in [2.05, 4.69) is 10.4 Å². The number of hydrogen-bond donors (Lipinski definition) is 1. The van der Waals surface area contributed by atoms with Gasteiger partial charge in [-0.15, -0.1) is 0 Å². The molecule has 180 valence electrons. The number of hydrogen-bond acceptors (Lipinski definition) is 5. The second-order valence-corrected chi connectivity index (χ2v) is 7.87. The van der Waals surface area contributed by atoms with Crippen molar-refractivity contribution in [2.24, 2.45) is 0 Å². The van der Waals surface area contributed by atoms with Crippen molar-refractivity contribution in [3.05, 3.63) is 71.0 Å². The van der Waals surface area contributed by atoms with Gasteiger partial charge in [0.25, 0.3) is 0 Å². The van der Waals surface area contributed by atoms with Gasteiger partial charge in [0.2, 0.25) is 5.91 Å². The lowest BCUT2D eigenvalue weighted by molar-refractivity contribution is -0.141. The summed E-state index contributed by atoms with van der Waals surface area (Å²) in [5, 5.41) is 6.45. The number of alkyl halides is 3. The first-order chi connectivity index (χ1) is 16.2. The number of fused-ring (bicyclic) bond motifs is 1. The second-order valence-electron chi connectivity index (χ2n) is 7.87. The lowest BCUT2D eigenvalue weighted by Crippen LogP contribution is -2.28. The Morgan fingerprint density at radius 1 is 1.12 bits per heavy atom. The van der Waals surface area contributed by atoms with Crippen molar-refractivity contribution in [3.8, 4) is 17.2 Å². The van der Waals surface area contributed by atoms with Crippen molar-refractivity contribution >= 4 is 5.91 Å². The number of methoxy groups -OCH3 is 1. The van der Waals surface area contributed by atoms with E-state index in [1.165, 1.54) is 11.8 Å². The molecule has 1 atom stereocenters. The fourth-order valence-corrected chi connectivity index (χ4v) is 3.59. The standard InChI is InChI=1S/C24H24F3N3O4/c1-15(17-5-8-20-21(11-17)34-10-9-33-20)23(31)28-13-18-12-22(24(25,26)27)29-30(18)14-16-3-6-19(32-2)7-4-16/h3-8,11-12,15H,9-10,13-14H2,1-2H3,(H,28,31). The molecule has 10 heteroatoms. The molecule has 0 aliphatic carbocycles. The molecule has 1 aliphatic rings. The van der Waals surface area contributed by atoms with Gasteiger partial charge in [-0.2, -0.15) is 18.3 Å². The molecule has 1 aliphatic heterocycles. The lowest BCUT2D eigenvalue weighted by atomic mass is 9.99. The average molecular weight is 475 g/mol. The van der Waals surface area contributed by atoms with Crippen molar-refractivity contribution in [2.45, 2.75) is 32.1 Å². The van der Waals surface area contributed by atoms with Gasteiger partial charge in [0.15, 0.2) is 17.2 Å². The third kappa shape index (κ3) is 5.27. The Kier molecular flexibility index (Phi) is 6.67. The number of amides is 1. The number of ether oxygens (including phenoxy) is 3. The first-order valence-electron chi connectivity index (χ1n) is 10.7. The quantitative estimate of drug-likeness (QED) is 0.556. The van der Waals surface area contributed by atoms with Gasteiger partial charge in [-0.1, -0.05) is 18.2 Å². The molecule has 2 aromatic carbocycles. The Labute approximate surface area is 194 Å². The van der Waals surface area contributed by atoms with Gasteiger partial charge in [-0.3, -0.25) is 9.48 Å². The lowest BCUT2D eigenvalue weighted by Gasteiger charge is -2.20. The molecule has 1 aromatic heterocycles. The average Bonchev–Trinajstić information content (AvgIpc) is 3.25. The number of nitrogens with one attached hydrogen (secondary N) is 1. The van der Waals surface area contributed by atoms with E-state index >= 15 is 0 Å². The summed E-state index contributed by atoms with van der Waals surface area (Å²) in [5.74, 6) is 0.944. The number of aromatic nitrogens is 2. The first kappa shape index (κ1) is 23.5. The largest absolute Gasteiger partial charge is 0.497 e. The number of carbonyl (C=O) groups excluding carboxylic acids is 1. The van der Waals surface area contributed by atoms with Gasteiger partial charge in [0, 0.05) is 0 Å². The molecule has 4 rings (SSSR count). The summed E-state index contributed by atoms with van der Waals surface area (Å²) in [5.41, 5.74) is 0.690. The topological polar surface area (TPSA) is 74.6 Å². The van der Waals surface area contributed by atoms with E-state index in [0.29, 0.717) is 36.0 Å². The Morgan fingerprint density at radius 2 is 1.82 bits per heavy atom. The summed E-state index contributed by atoms with van der Waals surface area (Å²) >= 11 is 0. The predicted octanol–water partition coefficient (Wildman–Crippen LogP) is 4.15. The number of nitrogens with zero attached hydrogens (tertiary/aromatic N) is 2. The highest BCUT2D eigenvalue weighted by Gasteiger charge is 2.35. The summed E-state index contributed by atoms with van der Waals surface area (Å²) in [6.45, 7) is 2.62. The Balaban J connectivity index is 1.48. The molecule has 0 saturated carbocycles. The van der Waals surface area contributed by atoms with E-state index in [1.807, 2.05) is 0 Å². The van der Waals surface area contributed by atoms with E-state index in [4.69, 9.17) is 14.2 Å². The molecule has 34 heavy (non-hydrogen) atoms. The molecule has 2 heterocycles. The van der Waals surface area contributed by atoms with Crippen LogP contribution in [0.1, 0.15) is 35.4 Å². The molecule has 1 amide bonds. The highest BCUT2D eigenvalue weighted by atomic mass is 19.4. The van der Waals surface area contributed by atoms with Crippen molar-refractivity contribution in [1.29, 1.82) is 0 Å². The molecular weight excluding hydrogens is 451 g/mol. The van der Waals surface area contributed by atoms with Gasteiger partial charge in [-0.25, -0.2) is 0 Å². The van der Waals surface area contributed by atoms with Crippen LogP contribution in [0.15, 0.2) is 48.5 Å². The fourth-order valence-electron chi connectivity index (χ4n) is 3.59. The van der Waals surface area contributed by atoms with Crippen molar-refractivity contribution in [1.82, 2.24) is 15.1 Å². The summed E-state index contributed by atoms with van der Waals surface area (Å²) in [6, 6.07) is 13.2. The molecule has 3 aromatic rings. The number of benzene rings is 2. The van der Waals surface area contributed by atoms with Crippen molar-refractivity contribution in [2.75, 3.05) is 20.3 Å².